The van der Waals surface area contributed by atoms with Gasteiger partial charge in [0.1, 0.15) is 6.07 Å². The van der Waals surface area contributed by atoms with Crippen molar-refractivity contribution in [1.82, 2.24) is 19.8 Å². The van der Waals surface area contributed by atoms with E-state index < -0.39 is 22.9 Å². The van der Waals surface area contributed by atoms with Crippen LogP contribution in [0.4, 0.5) is 0 Å². The number of nitrogens with zero attached hydrogens (tertiary/aromatic N) is 5. The molecule has 1 aliphatic heterocycles. The highest BCUT2D eigenvalue weighted by atomic mass is 35.5. The average Bonchev–Trinajstić information content (AvgIpc) is 3.41. The lowest BCUT2D eigenvalue weighted by molar-refractivity contribution is -0.159. The number of rotatable bonds is 6. The molecule has 1 aromatic carbocycles. The summed E-state index contributed by atoms with van der Waals surface area (Å²) in [7, 11) is 0. The maximum absolute atomic E-state index is 13.0. The molecular formula is C24H24Cl2N6O6. The molecule has 14 heteroatoms. The van der Waals surface area contributed by atoms with Gasteiger partial charge in [-0.05, 0) is 30.9 Å². The number of H-pyrrole nitrogens is 1. The lowest BCUT2D eigenvalue weighted by atomic mass is 9.90. The van der Waals surface area contributed by atoms with Crippen molar-refractivity contribution in [2.24, 2.45) is 22.9 Å². The zero-order valence-corrected chi connectivity index (χ0v) is 22.1. The Hall–Kier alpha value is -3.69. The fourth-order valence-corrected chi connectivity index (χ4v) is 4.86. The first-order valence-corrected chi connectivity index (χ1v) is 12.7. The van der Waals surface area contributed by atoms with E-state index in [1.807, 2.05) is 18.8 Å². The van der Waals surface area contributed by atoms with Gasteiger partial charge in [0.25, 0.3) is 5.56 Å². The highest BCUT2D eigenvalue weighted by Crippen LogP contribution is 2.36. The second kappa shape index (κ2) is 11.4. The summed E-state index contributed by atoms with van der Waals surface area (Å²) in [5.74, 6) is -1.23. The molecule has 2 aliphatic rings. The number of hydrazone groups is 1. The molecule has 1 aromatic heterocycles. The summed E-state index contributed by atoms with van der Waals surface area (Å²) >= 11 is 12.8. The molecule has 1 unspecified atom stereocenters. The van der Waals surface area contributed by atoms with Crippen LogP contribution in [0.15, 0.2) is 26.8 Å². The van der Waals surface area contributed by atoms with Crippen molar-refractivity contribution in [1.29, 1.82) is 5.26 Å². The minimum absolute atomic E-state index is 0.00793. The fraction of sp³-hybridized carbons (Fsp3) is 0.458. The minimum atomic E-state index is -0.922. The summed E-state index contributed by atoms with van der Waals surface area (Å²) in [6, 6.07) is 4.22. The number of halogens is 2. The predicted molar refractivity (Wildman–Crippen MR) is 136 cm³/mol. The van der Waals surface area contributed by atoms with Gasteiger partial charge < -0.3 is 9.47 Å². The SMILES string of the molecule is CC(C)C1CC(Oc2c(Cl)cc(-n3nc(C#N)c(=O)[nH]c3=O)cc2Cl)=NN(COC(=O)C2CCCC2)C1=O. The molecule has 1 N–H and O–H groups in total. The van der Waals surface area contributed by atoms with Crippen LogP contribution < -0.4 is 16.0 Å². The average molecular weight is 563 g/mol. The van der Waals surface area contributed by atoms with Gasteiger partial charge in [-0.2, -0.15) is 15.0 Å². The molecule has 1 amide bonds. The second-order valence-electron chi connectivity index (χ2n) is 9.33. The molecule has 4 rings (SSSR count). The van der Waals surface area contributed by atoms with Gasteiger partial charge in [-0.15, -0.1) is 10.2 Å². The number of hydrogen-bond acceptors (Lipinski definition) is 9. The Morgan fingerprint density at radius 3 is 2.47 bits per heavy atom. The van der Waals surface area contributed by atoms with E-state index >= 15 is 0 Å². The number of esters is 1. The third-order valence-corrected chi connectivity index (χ3v) is 6.96. The molecule has 0 spiro atoms. The molecule has 0 radical (unpaired) electrons. The molecule has 1 atom stereocenters. The first kappa shape index (κ1) is 27.3. The zero-order valence-electron chi connectivity index (χ0n) is 20.6. The number of carbonyl (C=O) groups is 2. The van der Waals surface area contributed by atoms with Crippen LogP contribution in [0.25, 0.3) is 5.69 Å². The van der Waals surface area contributed by atoms with E-state index in [1.165, 1.54) is 12.1 Å². The topological polar surface area (TPSA) is 160 Å². The Bertz CT molecular complexity index is 1430. The van der Waals surface area contributed by atoms with Crippen LogP contribution in [0.2, 0.25) is 10.0 Å². The monoisotopic (exact) mass is 562 g/mol. The van der Waals surface area contributed by atoms with E-state index in [2.05, 4.69) is 10.2 Å². The van der Waals surface area contributed by atoms with Crippen LogP contribution in [0.3, 0.4) is 0 Å². The molecule has 200 valence electrons. The van der Waals surface area contributed by atoms with Gasteiger partial charge in [0.05, 0.1) is 27.6 Å². The van der Waals surface area contributed by atoms with Crippen molar-refractivity contribution in [3.63, 3.8) is 0 Å². The number of nitriles is 1. The summed E-state index contributed by atoms with van der Waals surface area (Å²) in [4.78, 5) is 51.2. The molecule has 0 saturated heterocycles. The van der Waals surface area contributed by atoms with E-state index in [0.29, 0.717) is 0 Å². The van der Waals surface area contributed by atoms with Gasteiger partial charge in [0.2, 0.25) is 17.5 Å². The predicted octanol–water partition coefficient (Wildman–Crippen LogP) is 2.99. The zero-order chi connectivity index (χ0) is 27.6. The van der Waals surface area contributed by atoms with E-state index in [0.717, 1.165) is 35.4 Å². The Morgan fingerprint density at radius 2 is 1.87 bits per heavy atom. The number of amides is 1. The highest BCUT2D eigenvalue weighted by molar-refractivity contribution is 6.37. The summed E-state index contributed by atoms with van der Waals surface area (Å²) in [6.45, 7) is 3.42. The summed E-state index contributed by atoms with van der Waals surface area (Å²) in [5, 5.41) is 18.0. The Kier molecular flexibility index (Phi) is 8.18. The number of carbonyl (C=O) groups excluding carboxylic acids is 2. The molecule has 2 aromatic rings. The van der Waals surface area contributed by atoms with Crippen molar-refractivity contribution in [3.05, 3.63) is 48.7 Å². The molecule has 12 nitrogen and oxygen atoms in total. The van der Waals surface area contributed by atoms with E-state index in [-0.39, 0.29) is 64.2 Å². The van der Waals surface area contributed by atoms with Crippen LogP contribution in [0, 0.1) is 29.1 Å². The molecule has 1 saturated carbocycles. The van der Waals surface area contributed by atoms with Gasteiger partial charge in [0.15, 0.2) is 12.5 Å². The number of nitrogens with one attached hydrogen (secondary N) is 1. The van der Waals surface area contributed by atoms with Crippen molar-refractivity contribution < 1.29 is 19.1 Å². The van der Waals surface area contributed by atoms with Crippen LogP contribution >= 0.6 is 23.2 Å². The molecule has 1 fully saturated rings. The van der Waals surface area contributed by atoms with E-state index in [4.69, 9.17) is 37.9 Å². The molecule has 38 heavy (non-hydrogen) atoms. The van der Waals surface area contributed by atoms with Crippen LogP contribution in [-0.2, 0) is 14.3 Å². The van der Waals surface area contributed by atoms with Crippen LogP contribution in [0.5, 0.6) is 5.75 Å². The Labute approximate surface area is 226 Å². The first-order chi connectivity index (χ1) is 18.1. The lowest BCUT2D eigenvalue weighted by Gasteiger charge is -2.31. The van der Waals surface area contributed by atoms with Crippen molar-refractivity contribution >= 4 is 41.0 Å². The molecule has 1 aliphatic carbocycles. The maximum Gasteiger partial charge on any atom is 0.349 e. The van der Waals surface area contributed by atoms with Crippen molar-refractivity contribution in [2.45, 2.75) is 46.0 Å². The van der Waals surface area contributed by atoms with Crippen LogP contribution in [0.1, 0.15) is 51.6 Å². The van der Waals surface area contributed by atoms with Crippen molar-refractivity contribution in [3.8, 4) is 17.5 Å². The Morgan fingerprint density at radius 1 is 1.21 bits per heavy atom. The van der Waals surface area contributed by atoms with Gasteiger partial charge in [-0.1, -0.05) is 49.9 Å². The van der Waals surface area contributed by atoms with E-state index in [9.17, 15) is 19.2 Å². The first-order valence-electron chi connectivity index (χ1n) is 12.0. The second-order valence-corrected chi connectivity index (χ2v) is 10.1. The number of aromatic amines is 1. The minimum Gasteiger partial charge on any atom is -0.442 e. The standard InChI is InChI=1S/C24H24Cl2N6O6/c1-12(2)15-9-19(30-31(22(15)34)11-37-23(35)13-5-3-4-6-13)38-20-16(25)7-14(8-17(20)26)32-24(36)28-21(33)18(10-27)29-32/h7-8,12-13,15H,3-6,9,11H2,1-2H3,(H,28,33,36). The van der Waals surface area contributed by atoms with E-state index in [1.54, 1.807) is 6.07 Å². The lowest BCUT2D eigenvalue weighted by Crippen LogP contribution is -2.43. The smallest absolute Gasteiger partial charge is 0.349 e. The summed E-state index contributed by atoms with van der Waals surface area (Å²) in [5.41, 5.74) is -2.26. The normalized spacial score (nSPS) is 17.9. The summed E-state index contributed by atoms with van der Waals surface area (Å²) < 4.78 is 12.0. The maximum atomic E-state index is 13.0. The fourth-order valence-electron chi connectivity index (χ4n) is 4.30. The van der Waals surface area contributed by atoms with Gasteiger partial charge >= 0.3 is 11.7 Å². The third kappa shape index (κ3) is 5.74. The third-order valence-electron chi connectivity index (χ3n) is 6.40. The van der Waals surface area contributed by atoms with Gasteiger partial charge in [0, 0.05) is 6.42 Å². The van der Waals surface area contributed by atoms with Crippen molar-refractivity contribution in [2.75, 3.05) is 6.73 Å². The number of aromatic nitrogens is 3. The van der Waals surface area contributed by atoms with Gasteiger partial charge in [-0.3, -0.25) is 19.4 Å². The number of benzene rings is 1. The van der Waals surface area contributed by atoms with Crippen LogP contribution in [-0.4, -0.2) is 44.3 Å². The van der Waals surface area contributed by atoms with Gasteiger partial charge in [-0.25, -0.2) is 4.79 Å². The Balaban J connectivity index is 1.59. The number of hydrogen-bond donors (Lipinski definition) is 1. The molecule has 2 heterocycles. The largest absolute Gasteiger partial charge is 0.442 e. The summed E-state index contributed by atoms with van der Waals surface area (Å²) in [6.07, 6.45) is 3.64. The quantitative estimate of drug-likeness (QED) is 0.525. The number of ether oxygens (including phenoxy) is 2. The molecule has 0 bridgehead atoms. The highest BCUT2D eigenvalue weighted by Gasteiger charge is 2.36. The molecular weight excluding hydrogens is 539 g/mol.